The van der Waals surface area contributed by atoms with Crippen LogP contribution in [-0.2, 0) is 11.3 Å². The molecule has 1 aliphatic heterocycles. The number of ether oxygens (including phenoxy) is 1. The minimum absolute atomic E-state index is 0.109. The smallest absolute Gasteiger partial charge is 0.257 e. The first-order valence-corrected chi connectivity index (χ1v) is 8.90. The van der Waals surface area contributed by atoms with Crippen LogP contribution in [0.1, 0.15) is 73.9 Å². The highest BCUT2D eigenvalue weighted by Crippen LogP contribution is 2.40. The third-order valence-electron chi connectivity index (χ3n) is 4.92. The van der Waals surface area contributed by atoms with E-state index in [1.807, 2.05) is 6.20 Å². The molecule has 2 atom stereocenters. The van der Waals surface area contributed by atoms with Crippen molar-refractivity contribution in [2.45, 2.75) is 63.2 Å². The van der Waals surface area contributed by atoms with Crippen molar-refractivity contribution in [3.8, 4) is 0 Å². The van der Waals surface area contributed by atoms with Crippen LogP contribution in [0.5, 0.6) is 0 Å². The molecule has 5 rings (SSSR count). The molecular formula is C17H22N4O3. The van der Waals surface area contributed by atoms with E-state index in [1.165, 1.54) is 25.7 Å². The molecule has 0 radical (unpaired) electrons. The Morgan fingerprint density at radius 1 is 1.17 bits per heavy atom. The first kappa shape index (κ1) is 14.6. The van der Waals surface area contributed by atoms with Gasteiger partial charge in [0.1, 0.15) is 11.9 Å². The molecular weight excluding hydrogens is 308 g/mol. The van der Waals surface area contributed by atoms with E-state index >= 15 is 0 Å². The van der Waals surface area contributed by atoms with Gasteiger partial charge in [0.25, 0.3) is 5.89 Å². The summed E-state index contributed by atoms with van der Waals surface area (Å²) in [5.74, 6) is 4.34. The van der Waals surface area contributed by atoms with Crippen molar-refractivity contribution >= 4 is 0 Å². The highest BCUT2D eigenvalue weighted by Gasteiger charge is 2.34. The molecule has 7 nitrogen and oxygen atoms in total. The van der Waals surface area contributed by atoms with Crippen LogP contribution >= 0.6 is 0 Å². The number of hydrogen-bond donors (Lipinski definition) is 0. The highest BCUT2D eigenvalue weighted by molar-refractivity contribution is 5.09. The summed E-state index contributed by atoms with van der Waals surface area (Å²) < 4.78 is 17.3. The van der Waals surface area contributed by atoms with Crippen molar-refractivity contribution in [2.24, 2.45) is 0 Å². The molecule has 0 amide bonds. The quantitative estimate of drug-likeness (QED) is 0.834. The van der Waals surface area contributed by atoms with Crippen LogP contribution in [0.15, 0.2) is 15.1 Å². The third-order valence-corrected chi connectivity index (χ3v) is 4.92. The summed E-state index contributed by atoms with van der Waals surface area (Å²) in [6.45, 7) is 4.34. The van der Waals surface area contributed by atoms with Crippen LogP contribution in [0.3, 0.4) is 0 Å². The highest BCUT2D eigenvalue weighted by atomic mass is 16.5. The van der Waals surface area contributed by atoms with E-state index in [0.29, 0.717) is 24.3 Å². The van der Waals surface area contributed by atoms with Crippen molar-refractivity contribution in [2.75, 3.05) is 13.1 Å². The molecule has 0 N–H and O–H groups in total. The molecule has 2 aromatic rings. The maximum absolute atomic E-state index is 6.02. The van der Waals surface area contributed by atoms with E-state index in [2.05, 4.69) is 26.9 Å². The van der Waals surface area contributed by atoms with Crippen LogP contribution in [-0.4, -0.2) is 39.2 Å². The molecule has 2 saturated carbocycles. The summed E-state index contributed by atoms with van der Waals surface area (Å²) in [6.07, 6.45) is 6.61. The average molecular weight is 330 g/mol. The van der Waals surface area contributed by atoms with Crippen molar-refractivity contribution in [1.82, 2.24) is 20.0 Å². The monoisotopic (exact) mass is 330 g/mol. The van der Waals surface area contributed by atoms with Gasteiger partial charge in [-0.25, -0.2) is 4.98 Å². The van der Waals surface area contributed by atoms with Crippen molar-refractivity contribution < 1.29 is 13.7 Å². The molecule has 24 heavy (non-hydrogen) atoms. The van der Waals surface area contributed by atoms with Crippen LogP contribution in [0, 0.1) is 0 Å². The second kappa shape index (κ2) is 5.67. The summed E-state index contributed by atoms with van der Waals surface area (Å²) in [4.78, 5) is 11.3. The standard InChI is InChI=1S/C17H22N4O3/c1-10-7-21(9-15-18-6-13(23-15)11-2-3-11)8-14(22-10)17-19-16(20-24-17)12-4-5-12/h6,10-12,14H,2-5,7-9H2,1H3/t10-,14-/m1/s1. The fourth-order valence-electron chi connectivity index (χ4n) is 3.34. The summed E-state index contributed by atoms with van der Waals surface area (Å²) >= 11 is 0. The largest absolute Gasteiger partial charge is 0.444 e. The predicted octanol–water partition coefficient (Wildman–Crippen LogP) is 2.77. The van der Waals surface area contributed by atoms with E-state index in [4.69, 9.17) is 13.7 Å². The number of hydrogen-bond acceptors (Lipinski definition) is 7. The fourth-order valence-corrected chi connectivity index (χ4v) is 3.34. The van der Waals surface area contributed by atoms with Crippen molar-refractivity contribution in [3.63, 3.8) is 0 Å². The third kappa shape index (κ3) is 2.98. The molecule has 2 aliphatic carbocycles. The van der Waals surface area contributed by atoms with Gasteiger partial charge in [-0.15, -0.1) is 0 Å². The Balaban J connectivity index is 1.27. The van der Waals surface area contributed by atoms with Gasteiger partial charge in [0.05, 0.1) is 18.8 Å². The molecule has 0 spiro atoms. The van der Waals surface area contributed by atoms with Crippen LogP contribution in [0.2, 0.25) is 0 Å². The minimum Gasteiger partial charge on any atom is -0.444 e. The number of rotatable bonds is 5. The topological polar surface area (TPSA) is 77.4 Å². The zero-order valence-corrected chi connectivity index (χ0v) is 13.9. The van der Waals surface area contributed by atoms with Gasteiger partial charge in [-0.3, -0.25) is 4.90 Å². The maximum atomic E-state index is 6.02. The lowest BCUT2D eigenvalue weighted by Gasteiger charge is -2.34. The van der Waals surface area contributed by atoms with Gasteiger partial charge in [0.2, 0.25) is 5.89 Å². The molecule has 0 aromatic carbocycles. The maximum Gasteiger partial charge on any atom is 0.257 e. The van der Waals surface area contributed by atoms with Gasteiger partial charge >= 0.3 is 0 Å². The normalized spacial score (nSPS) is 28.4. The number of morpholine rings is 1. The molecule has 0 unspecified atom stereocenters. The lowest BCUT2D eigenvalue weighted by atomic mass is 10.2. The van der Waals surface area contributed by atoms with E-state index in [1.54, 1.807) is 0 Å². The Kier molecular flexibility index (Phi) is 3.45. The van der Waals surface area contributed by atoms with Gasteiger partial charge < -0.3 is 13.7 Å². The Bertz CT molecular complexity index is 719. The van der Waals surface area contributed by atoms with Crippen LogP contribution < -0.4 is 0 Å². The van der Waals surface area contributed by atoms with E-state index in [0.717, 1.165) is 30.6 Å². The minimum atomic E-state index is -0.174. The van der Waals surface area contributed by atoms with E-state index in [-0.39, 0.29) is 12.2 Å². The van der Waals surface area contributed by atoms with Crippen LogP contribution in [0.4, 0.5) is 0 Å². The summed E-state index contributed by atoms with van der Waals surface area (Å²) in [7, 11) is 0. The zero-order chi connectivity index (χ0) is 16.1. The first-order chi connectivity index (χ1) is 11.7. The Hall–Kier alpha value is -1.73. The number of nitrogens with zero attached hydrogens (tertiary/aromatic N) is 4. The first-order valence-electron chi connectivity index (χ1n) is 8.90. The lowest BCUT2D eigenvalue weighted by Crippen LogP contribution is -2.42. The van der Waals surface area contributed by atoms with Gasteiger partial charge in [-0.1, -0.05) is 5.16 Å². The molecule has 1 saturated heterocycles. The van der Waals surface area contributed by atoms with E-state index < -0.39 is 0 Å². The Morgan fingerprint density at radius 2 is 2.00 bits per heavy atom. The number of aromatic nitrogens is 3. The molecule has 0 bridgehead atoms. The zero-order valence-electron chi connectivity index (χ0n) is 13.9. The average Bonchev–Trinajstić information content (AvgIpc) is 3.50. The lowest BCUT2D eigenvalue weighted by molar-refractivity contribution is -0.0945. The molecule has 7 heteroatoms. The Morgan fingerprint density at radius 3 is 2.79 bits per heavy atom. The van der Waals surface area contributed by atoms with E-state index in [9.17, 15) is 0 Å². The summed E-state index contributed by atoms with van der Waals surface area (Å²) in [6, 6.07) is 0. The SMILES string of the molecule is C[C@@H]1CN(Cc2ncc(C3CC3)o2)C[C@H](c2nc(C3CC3)no2)O1. The molecule has 3 aliphatic rings. The summed E-state index contributed by atoms with van der Waals surface area (Å²) in [5.41, 5.74) is 0. The Labute approximate surface area is 140 Å². The van der Waals surface area contributed by atoms with Gasteiger partial charge in [-0.2, -0.15) is 4.98 Å². The van der Waals surface area contributed by atoms with Crippen molar-refractivity contribution in [3.05, 3.63) is 29.6 Å². The molecule has 2 aromatic heterocycles. The molecule has 3 fully saturated rings. The second-order valence-corrected chi connectivity index (χ2v) is 7.33. The fraction of sp³-hybridized carbons (Fsp3) is 0.706. The van der Waals surface area contributed by atoms with Crippen molar-refractivity contribution in [1.29, 1.82) is 0 Å². The summed E-state index contributed by atoms with van der Waals surface area (Å²) in [5, 5.41) is 4.10. The molecule has 3 heterocycles. The second-order valence-electron chi connectivity index (χ2n) is 7.33. The van der Waals surface area contributed by atoms with Gasteiger partial charge in [0, 0.05) is 24.9 Å². The predicted molar refractivity (Wildman–Crippen MR) is 83.3 cm³/mol. The van der Waals surface area contributed by atoms with Gasteiger partial charge in [0.15, 0.2) is 5.82 Å². The van der Waals surface area contributed by atoms with Gasteiger partial charge in [-0.05, 0) is 32.6 Å². The van der Waals surface area contributed by atoms with Crippen LogP contribution in [0.25, 0.3) is 0 Å². The molecule has 128 valence electrons. The number of oxazole rings is 1.